The van der Waals surface area contributed by atoms with Crippen molar-refractivity contribution in [1.29, 1.82) is 0 Å². The molecule has 1 atom stereocenters. The van der Waals surface area contributed by atoms with E-state index in [1.165, 1.54) is 0 Å². The summed E-state index contributed by atoms with van der Waals surface area (Å²) in [5.74, 6) is 0.680. The van der Waals surface area contributed by atoms with Gasteiger partial charge >= 0.3 is 0 Å². The van der Waals surface area contributed by atoms with E-state index in [9.17, 15) is 4.79 Å². The van der Waals surface area contributed by atoms with Crippen molar-refractivity contribution in [2.24, 2.45) is 0 Å². The van der Waals surface area contributed by atoms with Gasteiger partial charge in [-0.05, 0) is 24.6 Å². The van der Waals surface area contributed by atoms with Gasteiger partial charge in [-0.15, -0.1) is 0 Å². The maximum atomic E-state index is 11.4. The number of hydrogen-bond acceptors (Lipinski definition) is 3. The van der Waals surface area contributed by atoms with Crippen molar-refractivity contribution >= 4 is 5.91 Å². The first-order valence-electron chi connectivity index (χ1n) is 5.19. The summed E-state index contributed by atoms with van der Waals surface area (Å²) in [6, 6.07) is 7.33. The predicted octanol–water partition coefficient (Wildman–Crippen LogP) is 0.735. The molecule has 0 saturated heterocycles. The second kappa shape index (κ2) is 6.12. The average Bonchev–Trinajstić information content (AvgIpc) is 2.27. The first-order chi connectivity index (χ1) is 7.61. The van der Waals surface area contributed by atoms with Gasteiger partial charge in [-0.3, -0.25) is 4.79 Å². The number of carbonyl (C=O) groups excluding carboxylic acids is 1. The molecular weight excluding hydrogens is 206 g/mol. The van der Waals surface area contributed by atoms with E-state index < -0.39 is 6.10 Å². The number of carbonyl (C=O) groups is 1. The fourth-order valence-corrected chi connectivity index (χ4v) is 1.25. The number of ether oxygens (including phenoxy) is 1. The molecule has 0 bridgehead atoms. The Balaban J connectivity index is 2.43. The minimum Gasteiger partial charge on any atom is -0.497 e. The molecule has 1 aromatic rings. The summed E-state index contributed by atoms with van der Waals surface area (Å²) >= 11 is 0. The molecule has 0 saturated carbocycles. The van der Waals surface area contributed by atoms with Crippen LogP contribution in [0.1, 0.15) is 12.5 Å². The van der Waals surface area contributed by atoms with Gasteiger partial charge in [0.2, 0.25) is 5.91 Å². The van der Waals surface area contributed by atoms with Crippen molar-refractivity contribution < 1.29 is 14.6 Å². The van der Waals surface area contributed by atoms with Crippen LogP contribution in [-0.4, -0.2) is 30.8 Å². The van der Waals surface area contributed by atoms with Gasteiger partial charge < -0.3 is 15.2 Å². The number of rotatable bonds is 5. The van der Waals surface area contributed by atoms with E-state index in [1.807, 2.05) is 24.3 Å². The standard InChI is InChI=1S/C12H17NO3/c1-9(14)8-13-12(15)7-10-3-5-11(16-2)6-4-10/h3-6,9,14H,7-8H2,1-2H3,(H,13,15)/t9-/m0/s1. The van der Waals surface area contributed by atoms with Gasteiger partial charge in [0.15, 0.2) is 0 Å². The number of benzene rings is 1. The van der Waals surface area contributed by atoms with Gasteiger partial charge in [0.25, 0.3) is 0 Å². The highest BCUT2D eigenvalue weighted by Crippen LogP contribution is 2.11. The molecule has 4 nitrogen and oxygen atoms in total. The maximum absolute atomic E-state index is 11.4. The van der Waals surface area contributed by atoms with E-state index in [2.05, 4.69) is 5.32 Å². The molecule has 1 amide bonds. The Kier molecular flexibility index (Phi) is 4.79. The van der Waals surface area contributed by atoms with Crippen molar-refractivity contribution in [2.45, 2.75) is 19.4 Å². The monoisotopic (exact) mass is 223 g/mol. The van der Waals surface area contributed by atoms with E-state index in [4.69, 9.17) is 9.84 Å². The van der Waals surface area contributed by atoms with Gasteiger partial charge in [0.1, 0.15) is 5.75 Å². The number of hydrogen-bond donors (Lipinski definition) is 2. The van der Waals surface area contributed by atoms with Crippen LogP contribution in [0.25, 0.3) is 0 Å². The number of aliphatic hydroxyl groups is 1. The summed E-state index contributed by atoms with van der Waals surface area (Å²) in [7, 11) is 1.60. The number of nitrogens with one attached hydrogen (secondary N) is 1. The van der Waals surface area contributed by atoms with Gasteiger partial charge in [-0.2, -0.15) is 0 Å². The fourth-order valence-electron chi connectivity index (χ4n) is 1.25. The highest BCUT2D eigenvalue weighted by atomic mass is 16.5. The third kappa shape index (κ3) is 4.31. The van der Waals surface area contributed by atoms with Crippen LogP contribution in [-0.2, 0) is 11.2 Å². The molecule has 0 aromatic heterocycles. The van der Waals surface area contributed by atoms with Crippen LogP contribution in [0.3, 0.4) is 0 Å². The topological polar surface area (TPSA) is 58.6 Å². The van der Waals surface area contributed by atoms with Gasteiger partial charge in [0.05, 0.1) is 19.6 Å². The molecule has 0 heterocycles. The normalized spacial score (nSPS) is 11.9. The Hall–Kier alpha value is -1.55. The summed E-state index contributed by atoms with van der Waals surface area (Å²) in [4.78, 5) is 11.4. The SMILES string of the molecule is COc1ccc(CC(=O)NC[C@H](C)O)cc1. The largest absolute Gasteiger partial charge is 0.497 e. The summed E-state index contributed by atoms with van der Waals surface area (Å²) in [6.07, 6.45) is -0.198. The molecule has 4 heteroatoms. The van der Waals surface area contributed by atoms with Crippen molar-refractivity contribution in [2.75, 3.05) is 13.7 Å². The summed E-state index contributed by atoms with van der Waals surface area (Å²) in [5.41, 5.74) is 0.920. The zero-order valence-electron chi connectivity index (χ0n) is 9.56. The lowest BCUT2D eigenvalue weighted by Gasteiger charge is -2.07. The molecule has 0 radical (unpaired) electrons. The maximum Gasteiger partial charge on any atom is 0.224 e. The summed E-state index contributed by atoms with van der Waals surface area (Å²) in [6.45, 7) is 1.92. The van der Waals surface area contributed by atoms with E-state index in [0.717, 1.165) is 11.3 Å². The lowest BCUT2D eigenvalue weighted by atomic mass is 10.1. The molecule has 16 heavy (non-hydrogen) atoms. The van der Waals surface area contributed by atoms with Crippen LogP contribution >= 0.6 is 0 Å². The van der Waals surface area contributed by atoms with Crippen LogP contribution in [0.5, 0.6) is 5.75 Å². The Morgan fingerprint density at radius 3 is 2.56 bits per heavy atom. The Morgan fingerprint density at radius 1 is 1.44 bits per heavy atom. The molecule has 1 aromatic carbocycles. The average molecular weight is 223 g/mol. The van der Waals surface area contributed by atoms with Crippen molar-refractivity contribution in [3.8, 4) is 5.75 Å². The fraction of sp³-hybridized carbons (Fsp3) is 0.417. The second-order valence-corrected chi connectivity index (χ2v) is 3.68. The lowest BCUT2D eigenvalue weighted by Crippen LogP contribution is -2.31. The van der Waals surface area contributed by atoms with Crippen LogP contribution in [0, 0.1) is 0 Å². The van der Waals surface area contributed by atoms with Crippen molar-refractivity contribution in [3.63, 3.8) is 0 Å². The zero-order chi connectivity index (χ0) is 12.0. The van der Waals surface area contributed by atoms with Crippen molar-refractivity contribution in [1.82, 2.24) is 5.32 Å². The van der Waals surface area contributed by atoms with Crippen LogP contribution in [0.15, 0.2) is 24.3 Å². The number of methoxy groups -OCH3 is 1. The van der Waals surface area contributed by atoms with Gasteiger partial charge in [-0.1, -0.05) is 12.1 Å². The Bertz CT molecular complexity index is 333. The minimum atomic E-state index is -0.514. The zero-order valence-corrected chi connectivity index (χ0v) is 9.56. The molecule has 0 aliphatic heterocycles. The van der Waals surface area contributed by atoms with E-state index in [1.54, 1.807) is 14.0 Å². The molecule has 0 fully saturated rings. The predicted molar refractivity (Wildman–Crippen MR) is 61.4 cm³/mol. The van der Waals surface area contributed by atoms with E-state index in [0.29, 0.717) is 6.42 Å². The highest BCUT2D eigenvalue weighted by Gasteiger charge is 2.04. The number of amides is 1. The molecule has 0 unspecified atom stereocenters. The molecule has 0 aliphatic carbocycles. The molecule has 0 spiro atoms. The third-order valence-electron chi connectivity index (χ3n) is 2.12. The molecule has 1 rings (SSSR count). The van der Waals surface area contributed by atoms with Crippen LogP contribution < -0.4 is 10.1 Å². The minimum absolute atomic E-state index is 0.0916. The quantitative estimate of drug-likeness (QED) is 0.774. The summed E-state index contributed by atoms with van der Waals surface area (Å²) < 4.78 is 5.02. The molecule has 2 N–H and O–H groups in total. The first kappa shape index (κ1) is 12.5. The van der Waals surface area contributed by atoms with E-state index in [-0.39, 0.29) is 12.5 Å². The smallest absolute Gasteiger partial charge is 0.224 e. The van der Waals surface area contributed by atoms with Gasteiger partial charge in [-0.25, -0.2) is 0 Å². The Morgan fingerprint density at radius 2 is 2.06 bits per heavy atom. The highest BCUT2D eigenvalue weighted by molar-refractivity contribution is 5.78. The van der Waals surface area contributed by atoms with Crippen molar-refractivity contribution in [3.05, 3.63) is 29.8 Å². The first-order valence-corrected chi connectivity index (χ1v) is 5.19. The summed E-state index contributed by atoms with van der Waals surface area (Å²) in [5, 5.41) is 11.6. The molecule has 0 aliphatic rings. The van der Waals surface area contributed by atoms with Crippen LogP contribution in [0.4, 0.5) is 0 Å². The van der Waals surface area contributed by atoms with Crippen LogP contribution in [0.2, 0.25) is 0 Å². The lowest BCUT2D eigenvalue weighted by molar-refractivity contribution is -0.120. The van der Waals surface area contributed by atoms with E-state index >= 15 is 0 Å². The van der Waals surface area contributed by atoms with Gasteiger partial charge in [0, 0.05) is 6.54 Å². The Labute approximate surface area is 95.2 Å². The third-order valence-corrected chi connectivity index (χ3v) is 2.12. The number of aliphatic hydroxyl groups excluding tert-OH is 1. The molecular formula is C12H17NO3. The molecule has 88 valence electrons. The second-order valence-electron chi connectivity index (χ2n) is 3.68.